The van der Waals surface area contributed by atoms with Crippen molar-refractivity contribution in [3.63, 3.8) is 0 Å². The third-order valence-corrected chi connectivity index (χ3v) is 7.07. The zero-order valence-corrected chi connectivity index (χ0v) is 23.2. The van der Waals surface area contributed by atoms with Crippen molar-refractivity contribution < 1.29 is 19.1 Å². The van der Waals surface area contributed by atoms with Gasteiger partial charge >= 0.3 is 12.1 Å². The number of methoxy groups -OCH3 is 1. The molecule has 1 amide bonds. The van der Waals surface area contributed by atoms with Crippen molar-refractivity contribution in [2.75, 3.05) is 7.11 Å². The number of hydrogen-bond acceptors (Lipinski definition) is 7. The number of rotatable bonds is 11. The highest BCUT2D eigenvalue weighted by Gasteiger charge is 2.41. The second kappa shape index (κ2) is 13.4. The van der Waals surface area contributed by atoms with Crippen molar-refractivity contribution >= 4 is 12.1 Å². The highest BCUT2D eigenvalue weighted by molar-refractivity contribution is 5.81. The molecular formula is C33H31N5O4. The summed E-state index contributed by atoms with van der Waals surface area (Å²) in [7, 11) is 1.28. The van der Waals surface area contributed by atoms with E-state index in [0.29, 0.717) is 5.82 Å². The first kappa shape index (κ1) is 28.2. The molecule has 1 aromatic heterocycles. The van der Waals surface area contributed by atoms with Crippen molar-refractivity contribution in [3.05, 3.63) is 149 Å². The fourth-order valence-electron chi connectivity index (χ4n) is 5.10. The number of aromatic nitrogens is 4. The monoisotopic (exact) mass is 561 g/mol. The minimum Gasteiger partial charge on any atom is -0.467 e. The summed E-state index contributed by atoms with van der Waals surface area (Å²) in [4.78, 5) is 25.3. The summed E-state index contributed by atoms with van der Waals surface area (Å²) in [5.41, 5.74) is 2.81. The average Bonchev–Trinajstić information content (AvgIpc) is 3.53. The molecule has 1 N–H and O–H groups in total. The first-order chi connectivity index (χ1) is 20.6. The molecule has 1 heterocycles. The third kappa shape index (κ3) is 6.05. The lowest BCUT2D eigenvalue weighted by molar-refractivity contribution is -0.143. The minimum absolute atomic E-state index is 0.0760. The minimum atomic E-state index is -0.969. The van der Waals surface area contributed by atoms with Gasteiger partial charge in [-0.2, -0.15) is 0 Å². The topological polar surface area (TPSA) is 108 Å². The van der Waals surface area contributed by atoms with E-state index in [9.17, 15) is 9.59 Å². The molecular weight excluding hydrogens is 530 g/mol. The van der Waals surface area contributed by atoms with Gasteiger partial charge in [-0.25, -0.2) is 14.3 Å². The molecule has 0 radical (unpaired) electrons. The smallest absolute Gasteiger partial charge is 0.408 e. The molecule has 1 atom stereocenters. The number of carbonyl (C=O) groups excluding carboxylic acids is 2. The zero-order valence-electron chi connectivity index (χ0n) is 23.2. The van der Waals surface area contributed by atoms with E-state index in [1.807, 2.05) is 121 Å². The Kier molecular flexibility index (Phi) is 8.98. The lowest BCUT2D eigenvalue weighted by Gasteiger charge is -2.36. The van der Waals surface area contributed by atoms with Gasteiger partial charge in [-0.05, 0) is 39.1 Å². The van der Waals surface area contributed by atoms with Gasteiger partial charge in [0.15, 0.2) is 5.82 Å². The van der Waals surface area contributed by atoms with E-state index in [-0.39, 0.29) is 19.4 Å². The SMILES string of the molecule is COC(=O)[C@H](CCc1nnnn1C(c1ccccc1)(c1ccccc1)c1ccccc1)NC(=O)OCc1ccccc1. The van der Waals surface area contributed by atoms with Crippen LogP contribution in [0.1, 0.15) is 34.5 Å². The molecule has 0 aliphatic carbocycles. The first-order valence-electron chi connectivity index (χ1n) is 13.6. The van der Waals surface area contributed by atoms with Crippen LogP contribution in [-0.2, 0) is 32.8 Å². The third-order valence-electron chi connectivity index (χ3n) is 7.07. The molecule has 0 saturated heterocycles. The molecule has 0 aliphatic rings. The van der Waals surface area contributed by atoms with Gasteiger partial charge < -0.3 is 14.8 Å². The lowest BCUT2D eigenvalue weighted by Crippen LogP contribution is -2.43. The molecule has 4 aromatic carbocycles. The van der Waals surface area contributed by atoms with E-state index in [0.717, 1.165) is 22.3 Å². The zero-order chi connectivity index (χ0) is 29.2. The van der Waals surface area contributed by atoms with E-state index < -0.39 is 23.6 Å². The van der Waals surface area contributed by atoms with Crippen molar-refractivity contribution in [1.82, 2.24) is 25.5 Å². The molecule has 5 rings (SSSR count). The van der Waals surface area contributed by atoms with Crippen LogP contribution in [0.2, 0.25) is 0 Å². The van der Waals surface area contributed by atoms with Crippen LogP contribution in [0.15, 0.2) is 121 Å². The second-order valence-electron chi connectivity index (χ2n) is 9.64. The fraction of sp³-hybridized carbons (Fsp3) is 0.182. The number of aryl methyl sites for hydroxylation is 1. The van der Waals surface area contributed by atoms with Gasteiger partial charge in [0.2, 0.25) is 0 Å². The largest absolute Gasteiger partial charge is 0.467 e. The maximum atomic E-state index is 12.7. The van der Waals surface area contributed by atoms with E-state index >= 15 is 0 Å². The molecule has 0 spiro atoms. The standard InChI is InChI=1S/C33H31N5O4/c1-41-31(39)29(34-32(40)42-24-25-14-6-2-7-15-25)22-23-30-35-36-37-38(30)33(26-16-8-3-9-17-26,27-18-10-4-11-19-27)28-20-12-5-13-21-28/h2-21,29H,22-24H2,1H3,(H,34,40)/t29-/m0/s1. The Bertz CT molecular complexity index is 1480. The second-order valence-corrected chi connectivity index (χ2v) is 9.64. The van der Waals surface area contributed by atoms with Gasteiger partial charge in [0.05, 0.1) is 7.11 Å². The number of esters is 1. The van der Waals surface area contributed by atoms with Crippen LogP contribution in [-0.4, -0.2) is 45.4 Å². The van der Waals surface area contributed by atoms with Gasteiger partial charge in [0, 0.05) is 6.42 Å². The molecule has 42 heavy (non-hydrogen) atoms. The Labute approximate surface area is 244 Å². The summed E-state index contributed by atoms with van der Waals surface area (Å²) >= 11 is 0. The molecule has 0 saturated carbocycles. The van der Waals surface area contributed by atoms with Crippen LogP contribution in [0, 0.1) is 0 Å². The van der Waals surface area contributed by atoms with E-state index in [4.69, 9.17) is 9.47 Å². The number of hydrogen-bond donors (Lipinski definition) is 1. The molecule has 0 bridgehead atoms. The molecule has 212 valence electrons. The van der Waals surface area contributed by atoms with Crippen LogP contribution < -0.4 is 5.32 Å². The summed E-state index contributed by atoms with van der Waals surface area (Å²) < 4.78 is 12.1. The average molecular weight is 562 g/mol. The van der Waals surface area contributed by atoms with Crippen molar-refractivity contribution in [2.45, 2.75) is 31.0 Å². The Morgan fingerprint density at radius 3 is 1.79 bits per heavy atom. The number of ether oxygens (including phenoxy) is 2. The summed E-state index contributed by atoms with van der Waals surface area (Å²) in [5.74, 6) is -0.0638. The van der Waals surface area contributed by atoms with Crippen LogP contribution in [0.5, 0.6) is 0 Å². The maximum Gasteiger partial charge on any atom is 0.408 e. The van der Waals surface area contributed by atoms with Gasteiger partial charge in [-0.15, -0.1) is 5.10 Å². The van der Waals surface area contributed by atoms with Crippen LogP contribution in [0.3, 0.4) is 0 Å². The molecule has 0 fully saturated rings. The number of nitrogens with one attached hydrogen (secondary N) is 1. The molecule has 9 heteroatoms. The van der Waals surface area contributed by atoms with E-state index in [1.54, 1.807) is 4.68 Å². The molecule has 5 aromatic rings. The number of carbonyl (C=O) groups is 2. The van der Waals surface area contributed by atoms with Crippen molar-refractivity contribution in [1.29, 1.82) is 0 Å². The summed E-state index contributed by atoms with van der Waals surface area (Å²) in [5, 5.41) is 15.6. The normalized spacial score (nSPS) is 11.8. The van der Waals surface area contributed by atoms with E-state index in [1.165, 1.54) is 7.11 Å². The van der Waals surface area contributed by atoms with Gasteiger partial charge in [0.1, 0.15) is 18.2 Å². The summed E-state index contributed by atoms with van der Waals surface area (Å²) in [6.45, 7) is 0.0760. The Morgan fingerprint density at radius 1 is 0.786 bits per heavy atom. The highest BCUT2D eigenvalue weighted by Crippen LogP contribution is 2.40. The van der Waals surface area contributed by atoms with Crippen molar-refractivity contribution in [3.8, 4) is 0 Å². The Morgan fingerprint density at radius 2 is 1.29 bits per heavy atom. The highest BCUT2D eigenvalue weighted by atomic mass is 16.6. The van der Waals surface area contributed by atoms with Crippen molar-refractivity contribution in [2.24, 2.45) is 0 Å². The Balaban J connectivity index is 1.47. The molecule has 9 nitrogen and oxygen atoms in total. The number of alkyl carbamates (subject to hydrolysis) is 1. The number of amides is 1. The van der Waals surface area contributed by atoms with E-state index in [2.05, 4.69) is 20.8 Å². The first-order valence-corrected chi connectivity index (χ1v) is 13.6. The molecule has 0 unspecified atom stereocenters. The van der Waals surface area contributed by atoms with Gasteiger partial charge in [-0.3, -0.25) is 0 Å². The predicted octanol–water partition coefficient (Wildman–Crippen LogP) is 4.91. The fourth-order valence-corrected chi connectivity index (χ4v) is 5.10. The molecule has 0 aliphatic heterocycles. The number of nitrogens with zero attached hydrogens (tertiary/aromatic N) is 4. The summed E-state index contributed by atoms with van der Waals surface area (Å²) in [6, 6.07) is 38.4. The number of tetrazole rings is 1. The van der Waals surface area contributed by atoms with Crippen LogP contribution in [0.4, 0.5) is 4.79 Å². The quantitative estimate of drug-likeness (QED) is 0.180. The van der Waals surface area contributed by atoms with Crippen LogP contribution >= 0.6 is 0 Å². The number of benzene rings is 4. The van der Waals surface area contributed by atoms with Crippen LogP contribution in [0.25, 0.3) is 0 Å². The maximum absolute atomic E-state index is 12.7. The lowest BCUT2D eigenvalue weighted by atomic mass is 9.77. The van der Waals surface area contributed by atoms with Gasteiger partial charge in [-0.1, -0.05) is 121 Å². The predicted molar refractivity (Wildman–Crippen MR) is 156 cm³/mol. The van der Waals surface area contributed by atoms with Gasteiger partial charge in [0.25, 0.3) is 0 Å². The Hall–Kier alpha value is -5.31. The summed E-state index contributed by atoms with van der Waals surface area (Å²) in [6.07, 6.45) is -0.275.